The lowest BCUT2D eigenvalue weighted by atomic mass is 9.98. The highest BCUT2D eigenvalue weighted by Crippen LogP contribution is 2.32. The normalized spacial score (nSPS) is 18.1. The van der Waals surface area contributed by atoms with Crippen LogP contribution in [0.3, 0.4) is 0 Å². The van der Waals surface area contributed by atoms with Gasteiger partial charge in [-0.25, -0.2) is 0 Å². The van der Waals surface area contributed by atoms with Crippen molar-refractivity contribution >= 4 is 30.1 Å². The van der Waals surface area contributed by atoms with E-state index in [2.05, 4.69) is 11.6 Å². The van der Waals surface area contributed by atoms with Gasteiger partial charge in [-0.05, 0) is 31.1 Å². The van der Waals surface area contributed by atoms with Crippen molar-refractivity contribution in [2.45, 2.75) is 30.1 Å². The van der Waals surface area contributed by atoms with Gasteiger partial charge < -0.3 is 15.8 Å². The predicted molar refractivity (Wildman–Crippen MR) is 94.7 cm³/mol. The first-order valence-electron chi connectivity index (χ1n) is 7.35. The third-order valence-electron chi connectivity index (χ3n) is 4.06. The van der Waals surface area contributed by atoms with E-state index >= 15 is 0 Å². The first kappa shape index (κ1) is 19.3. The first-order valence-corrected chi connectivity index (χ1v) is 8.58. The molecule has 0 bridgehead atoms. The number of hydrogen-bond donors (Lipinski definition) is 2. The van der Waals surface area contributed by atoms with Crippen molar-refractivity contribution in [3.8, 4) is 0 Å². The van der Waals surface area contributed by atoms with Crippen molar-refractivity contribution in [2.75, 3.05) is 26.0 Å². The van der Waals surface area contributed by atoms with Gasteiger partial charge in [0.1, 0.15) is 0 Å². The van der Waals surface area contributed by atoms with E-state index in [0.717, 1.165) is 31.6 Å². The zero-order valence-electron chi connectivity index (χ0n) is 12.9. The van der Waals surface area contributed by atoms with Gasteiger partial charge in [0, 0.05) is 24.5 Å². The fourth-order valence-electron chi connectivity index (χ4n) is 2.54. The smallest absolute Gasteiger partial charge is 0.237 e. The van der Waals surface area contributed by atoms with Gasteiger partial charge in [-0.1, -0.05) is 30.3 Å². The van der Waals surface area contributed by atoms with Crippen LogP contribution < -0.4 is 11.1 Å². The Balaban J connectivity index is 0.00000242. The largest absolute Gasteiger partial charge is 0.381 e. The summed E-state index contributed by atoms with van der Waals surface area (Å²) in [6, 6.07) is 9.38. The molecule has 1 aromatic rings. The van der Waals surface area contributed by atoms with E-state index in [9.17, 15) is 4.79 Å². The van der Waals surface area contributed by atoms with Crippen LogP contribution >= 0.6 is 24.2 Å². The minimum absolute atomic E-state index is 0. The summed E-state index contributed by atoms with van der Waals surface area (Å²) in [5, 5.41) is 3.02. The van der Waals surface area contributed by atoms with Gasteiger partial charge in [-0.2, -0.15) is 11.8 Å². The third kappa shape index (κ3) is 5.47. The summed E-state index contributed by atoms with van der Waals surface area (Å²) < 4.78 is 5.51. The highest BCUT2D eigenvalue weighted by molar-refractivity contribution is 8.00. The van der Waals surface area contributed by atoms with E-state index < -0.39 is 6.04 Å². The van der Waals surface area contributed by atoms with Gasteiger partial charge in [-0.15, -0.1) is 12.4 Å². The van der Waals surface area contributed by atoms with Gasteiger partial charge >= 0.3 is 0 Å². The Labute approximate surface area is 143 Å². The van der Waals surface area contributed by atoms with Gasteiger partial charge in [0.2, 0.25) is 5.91 Å². The minimum atomic E-state index is -0.494. The van der Waals surface area contributed by atoms with Crippen LogP contribution in [0.1, 0.15) is 18.4 Å². The van der Waals surface area contributed by atoms with Crippen LogP contribution in [-0.4, -0.2) is 42.7 Å². The van der Waals surface area contributed by atoms with E-state index in [1.807, 2.05) is 42.1 Å². The summed E-state index contributed by atoms with van der Waals surface area (Å²) in [5.74, 6) is -0.0706. The molecule has 1 aliphatic heterocycles. The molecule has 0 aliphatic carbocycles. The molecule has 124 valence electrons. The molecule has 1 aromatic carbocycles. The summed E-state index contributed by atoms with van der Waals surface area (Å²) in [4.78, 5) is 12.2. The van der Waals surface area contributed by atoms with E-state index in [1.54, 1.807) is 0 Å². The highest BCUT2D eigenvalue weighted by Gasteiger charge is 2.32. The molecule has 2 rings (SSSR count). The van der Waals surface area contributed by atoms with Crippen LogP contribution in [0.5, 0.6) is 0 Å². The molecule has 1 heterocycles. The zero-order valence-corrected chi connectivity index (χ0v) is 14.6. The third-order valence-corrected chi connectivity index (χ3v) is 5.48. The maximum Gasteiger partial charge on any atom is 0.237 e. The Morgan fingerprint density at radius 2 is 2.00 bits per heavy atom. The summed E-state index contributed by atoms with van der Waals surface area (Å²) in [5.41, 5.74) is 7.09. The Morgan fingerprint density at radius 3 is 2.59 bits per heavy atom. The molecule has 22 heavy (non-hydrogen) atoms. The molecular weight excluding hydrogens is 320 g/mol. The number of ether oxygens (including phenoxy) is 1. The molecule has 0 saturated carbocycles. The molecule has 1 aliphatic rings. The standard InChI is InChI=1S/C16H24N2O2S.ClH/c1-21-16(7-9-20-10-8-16)12-18-15(19)14(17)11-13-5-3-2-4-6-13;/h2-6,14H,7-12,17H2,1H3,(H,18,19);1H/t14-;/m0./s1. The van der Waals surface area contributed by atoms with Crippen LogP contribution in [0.25, 0.3) is 0 Å². The Bertz CT molecular complexity index is 453. The number of halogens is 1. The number of benzene rings is 1. The fourth-order valence-corrected chi connectivity index (χ4v) is 3.33. The number of hydrogen-bond acceptors (Lipinski definition) is 4. The molecule has 3 N–H and O–H groups in total. The summed E-state index contributed by atoms with van der Waals surface area (Å²) >= 11 is 1.82. The second-order valence-corrected chi connectivity index (χ2v) is 6.79. The quantitative estimate of drug-likeness (QED) is 0.828. The average molecular weight is 345 g/mol. The molecule has 0 aromatic heterocycles. The highest BCUT2D eigenvalue weighted by atomic mass is 35.5. The number of thioether (sulfide) groups is 1. The lowest BCUT2D eigenvalue weighted by molar-refractivity contribution is -0.122. The van der Waals surface area contributed by atoms with E-state index in [-0.39, 0.29) is 23.1 Å². The molecule has 4 nitrogen and oxygen atoms in total. The van der Waals surface area contributed by atoms with Gasteiger partial charge in [0.15, 0.2) is 0 Å². The molecule has 1 fully saturated rings. The molecule has 0 unspecified atom stereocenters. The summed E-state index contributed by atoms with van der Waals surface area (Å²) in [7, 11) is 0. The second-order valence-electron chi connectivity index (χ2n) is 5.51. The Morgan fingerprint density at radius 1 is 1.36 bits per heavy atom. The van der Waals surface area contributed by atoms with Crippen molar-refractivity contribution < 1.29 is 9.53 Å². The molecule has 1 saturated heterocycles. The van der Waals surface area contributed by atoms with Crippen molar-refractivity contribution in [1.29, 1.82) is 0 Å². The van der Waals surface area contributed by atoms with E-state index in [4.69, 9.17) is 10.5 Å². The molecule has 1 amide bonds. The van der Waals surface area contributed by atoms with Crippen LogP contribution in [-0.2, 0) is 16.0 Å². The Kier molecular flexibility index (Phi) is 8.25. The van der Waals surface area contributed by atoms with Crippen molar-refractivity contribution in [2.24, 2.45) is 5.73 Å². The van der Waals surface area contributed by atoms with Gasteiger partial charge in [0.05, 0.1) is 6.04 Å². The average Bonchev–Trinajstić information content (AvgIpc) is 2.54. The van der Waals surface area contributed by atoms with Gasteiger partial charge in [-0.3, -0.25) is 4.79 Å². The van der Waals surface area contributed by atoms with Crippen LogP contribution in [0, 0.1) is 0 Å². The Hall–Kier alpha value is -0.750. The van der Waals surface area contributed by atoms with Crippen molar-refractivity contribution in [1.82, 2.24) is 5.32 Å². The lowest BCUT2D eigenvalue weighted by Crippen LogP contribution is -2.49. The maximum atomic E-state index is 12.2. The van der Waals surface area contributed by atoms with Crippen molar-refractivity contribution in [3.63, 3.8) is 0 Å². The SMILES string of the molecule is CSC1(CNC(=O)[C@@H](N)Cc2ccccc2)CCOCC1.Cl. The number of nitrogens with two attached hydrogens (primary N) is 1. The van der Waals surface area contributed by atoms with Crippen molar-refractivity contribution in [3.05, 3.63) is 35.9 Å². The molecule has 0 radical (unpaired) electrons. The molecule has 0 spiro atoms. The zero-order chi connectivity index (χ0) is 15.1. The molecule has 6 heteroatoms. The lowest BCUT2D eigenvalue weighted by Gasteiger charge is -2.36. The van der Waals surface area contributed by atoms with Crippen LogP contribution in [0.2, 0.25) is 0 Å². The summed E-state index contributed by atoms with van der Waals surface area (Å²) in [6.07, 6.45) is 4.62. The first-order chi connectivity index (χ1) is 10.2. The predicted octanol–water partition coefficient (Wildman–Crippen LogP) is 2.01. The van der Waals surface area contributed by atoms with Gasteiger partial charge in [0.25, 0.3) is 0 Å². The fraction of sp³-hybridized carbons (Fsp3) is 0.562. The molecule has 1 atom stereocenters. The number of carbonyl (C=O) groups is 1. The number of amides is 1. The van der Waals surface area contributed by atoms with E-state index in [0.29, 0.717) is 13.0 Å². The van der Waals surface area contributed by atoms with E-state index in [1.165, 1.54) is 0 Å². The topological polar surface area (TPSA) is 64.4 Å². The number of carbonyl (C=O) groups excluding carboxylic acids is 1. The summed E-state index contributed by atoms with van der Waals surface area (Å²) in [6.45, 7) is 2.21. The second kappa shape index (κ2) is 9.40. The monoisotopic (exact) mass is 344 g/mol. The maximum absolute atomic E-state index is 12.2. The number of nitrogens with one attached hydrogen (secondary N) is 1. The minimum Gasteiger partial charge on any atom is -0.381 e. The molecular formula is C16H25ClN2O2S. The van der Waals surface area contributed by atoms with Crippen LogP contribution in [0.4, 0.5) is 0 Å². The van der Waals surface area contributed by atoms with Crippen LogP contribution in [0.15, 0.2) is 30.3 Å². The number of rotatable bonds is 6.